The summed E-state index contributed by atoms with van der Waals surface area (Å²) in [5, 5.41) is 10.4. The van der Waals surface area contributed by atoms with Crippen molar-refractivity contribution < 1.29 is 5.11 Å². The zero-order valence-electron chi connectivity index (χ0n) is 13.5. The van der Waals surface area contributed by atoms with Crippen LogP contribution in [0, 0.1) is 6.92 Å². The zero-order chi connectivity index (χ0) is 16.0. The average molecular weight is 310 g/mol. The second-order valence-electron chi connectivity index (χ2n) is 6.67. The first-order chi connectivity index (χ1) is 11.1. The lowest BCUT2D eigenvalue weighted by Crippen LogP contribution is -2.17. The van der Waals surface area contributed by atoms with Crippen molar-refractivity contribution in [2.45, 2.75) is 39.0 Å². The van der Waals surface area contributed by atoms with E-state index in [2.05, 4.69) is 28.1 Å². The Morgan fingerprint density at radius 2 is 1.91 bits per heavy atom. The number of hydrogen-bond donors (Lipinski definition) is 2. The van der Waals surface area contributed by atoms with Gasteiger partial charge in [-0.05, 0) is 56.7 Å². The van der Waals surface area contributed by atoms with Crippen LogP contribution in [0.2, 0.25) is 0 Å². The molecule has 1 aliphatic carbocycles. The summed E-state index contributed by atoms with van der Waals surface area (Å²) < 4.78 is 0. The smallest absolute Gasteiger partial charge is 0.255 e. The fourth-order valence-corrected chi connectivity index (χ4v) is 3.87. The highest BCUT2D eigenvalue weighted by atomic mass is 16.3. The van der Waals surface area contributed by atoms with E-state index in [-0.39, 0.29) is 11.3 Å². The van der Waals surface area contributed by atoms with Gasteiger partial charge in [0.05, 0.1) is 11.3 Å². The van der Waals surface area contributed by atoms with Crippen molar-refractivity contribution in [3.8, 4) is 17.0 Å². The van der Waals surface area contributed by atoms with Crippen LogP contribution in [0.1, 0.15) is 36.0 Å². The molecule has 2 heterocycles. The summed E-state index contributed by atoms with van der Waals surface area (Å²) in [6.07, 6.45) is 5.29. The SMILES string of the molecule is Cc1c(O)c2c([nH]c1=O)-c1ccc(N3CCCC3)cc1CCC2. The third kappa shape index (κ3) is 2.33. The lowest BCUT2D eigenvalue weighted by atomic mass is 9.99. The second kappa shape index (κ2) is 5.44. The standard InChI is InChI=1S/C19H22N2O2/c1-12-18(22)16-6-4-5-13-11-14(21-9-2-3-10-21)7-8-15(13)17(16)20-19(12)23/h7-8,11H,2-6,9-10H2,1H3,(H2,20,22,23). The summed E-state index contributed by atoms with van der Waals surface area (Å²) in [6, 6.07) is 6.53. The summed E-state index contributed by atoms with van der Waals surface area (Å²) in [5.41, 5.74) is 5.52. The van der Waals surface area contributed by atoms with E-state index in [1.54, 1.807) is 6.92 Å². The molecule has 0 unspecified atom stereocenters. The molecule has 2 N–H and O–H groups in total. The van der Waals surface area contributed by atoms with Crippen molar-refractivity contribution in [3.05, 3.63) is 45.2 Å². The largest absolute Gasteiger partial charge is 0.507 e. The van der Waals surface area contributed by atoms with Crippen molar-refractivity contribution in [1.82, 2.24) is 4.98 Å². The molecule has 23 heavy (non-hydrogen) atoms. The number of hydrogen-bond acceptors (Lipinski definition) is 3. The van der Waals surface area contributed by atoms with E-state index in [0.717, 1.165) is 49.2 Å². The number of anilines is 1. The van der Waals surface area contributed by atoms with Gasteiger partial charge in [-0.15, -0.1) is 0 Å². The fourth-order valence-electron chi connectivity index (χ4n) is 3.87. The Kier molecular flexibility index (Phi) is 3.40. The quantitative estimate of drug-likeness (QED) is 0.851. The molecular weight excluding hydrogens is 288 g/mol. The van der Waals surface area contributed by atoms with Gasteiger partial charge in [0.15, 0.2) is 0 Å². The Balaban J connectivity index is 1.86. The number of nitrogens with zero attached hydrogens (tertiary/aromatic N) is 1. The molecule has 0 saturated carbocycles. The summed E-state index contributed by atoms with van der Waals surface area (Å²) >= 11 is 0. The molecule has 1 fully saturated rings. The molecule has 0 radical (unpaired) electrons. The number of nitrogens with one attached hydrogen (secondary N) is 1. The number of aromatic amines is 1. The van der Waals surface area contributed by atoms with E-state index in [0.29, 0.717) is 5.56 Å². The third-order valence-corrected chi connectivity index (χ3v) is 5.22. The summed E-state index contributed by atoms with van der Waals surface area (Å²) in [7, 11) is 0. The Hall–Kier alpha value is -2.23. The molecule has 120 valence electrons. The van der Waals surface area contributed by atoms with Crippen LogP contribution in [-0.4, -0.2) is 23.2 Å². The van der Waals surface area contributed by atoms with Crippen molar-refractivity contribution in [2.24, 2.45) is 0 Å². The predicted octanol–water partition coefficient (Wildman–Crippen LogP) is 3.14. The van der Waals surface area contributed by atoms with E-state index in [1.165, 1.54) is 24.1 Å². The van der Waals surface area contributed by atoms with Crippen LogP contribution in [-0.2, 0) is 12.8 Å². The molecule has 1 aromatic carbocycles. The minimum absolute atomic E-state index is 0.167. The van der Waals surface area contributed by atoms with E-state index in [9.17, 15) is 9.90 Å². The van der Waals surface area contributed by atoms with Gasteiger partial charge in [0.2, 0.25) is 0 Å². The van der Waals surface area contributed by atoms with Crippen LogP contribution in [0.25, 0.3) is 11.3 Å². The zero-order valence-corrected chi connectivity index (χ0v) is 13.5. The molecular formula is C19H22N2O2. The molecule has 0 spiro atoms. The van der Waals surface area contributed by atoms with E-state index >= 15 is 0 Å². The van der Waals surface area contributed by atoms with E-state index in [4.69, 9.17) is 0 Å². The van der Waals surface area contributed by atoms with Gasteiger partial charge in [0.1, 0.15) is 5.75 Å². The van der Waals surface area contributed by atoms with Gasteiger partial charge in [-0.1, -0.05) is 6.07 Å². The molecule has 4 nitrogen and oxygen atoms in total. The van der Waals surface area contributed by atoms with Gasteiger partial charge >= 0.3 is 0 Å². The van der Waals surface area contributed by atoms with Crippen molar-refractivity contribution in [1.29, 1.82) is 0 Å². The van der Waals surface area contributed by atoms with Gasteiger partial charge in [-0.3, -0.25) is 4.79 Å². The molecule has 0 atom stereocenters. The molecule has 1 aromatic heterocycles. The summed E-state index contributed by atoms with van der Waals surface area (Å²) in [6.45, 7) is 3.94. The van der Waals surface area contributed by atoms with Crippen LogP contribution >= 0.6 is 0 Å². The number of aryl methyl sites for hydroxylation is 1. The normalized spacial score (nSPS) is 16.8. The first-order valence-corrected chi connectivity index (χ1v) is 8.48. The van der Waals surface area contributed by atoms with Gasteiger partial charge in [0, 0.05) is 29.9 Å². The van der Waals surface area contributed by atoms with Crippen molar-refractivity contribution in [3.63, 3.8) is 0 Å². The van der Waals surface area contributed by atoms with Crippen molar-refractivity contribution in [2.75, 3.05) is 18.0 Å². The molecule has 0 bridgehead atoms. The number of aromatic hydroxyl groups is 1. The number of benzene rings is 1. The van der Waals surface area contributed by atoms with Crippen molar-refractivity contribution >= 4 is 5.69 Å². The van der Waals surface area contributed by atoms with Gasteiger partial charge in [-0.2, -0.15) is 0 Å². The lowest BCUT2D eigenvalue weighted by Gasteiger charge is -2.20. The molecule has 2 aromatic rings. The Morgan fingerprint density at radius 3 is 2.70 bits per heavy atom. The van der Waals surface area contributed by atoms with E-state index < -0.39 is 0 Å². The van der Waals surface area contributed by atoms with Gasteiger partial charge in [0.25, 0.3) is 5.56 Å². The minimum Gasteiger partial charge on any atom is -0.507 e. The highest BCUT2D eigenvalue weighted by molar-refractivity contribution is 5.73. The number of fused-ring (bicyclic) bond motifs is 3. The average Bonchev–Trinajstić information content (AvgIpc) is 3.03. The molecule has 1 aliphatic heterocycles. The molecule has 2 aliphatic rings. The second-order valence-corrected chi connectivity index (χ2v) is 6.67. The monoisotopic (exact) mass is 310 g/mol. The first kappa shape index (κ1) is 14.4. The fraction of sp³-hybridized carbons (Fsp3) is 0.421. The first-order valence-electron chi connectivity index (χ1n) is 8.48. The predicted molar refractivity (Wildman–Crippen MR) is 92.4 cm³/mol. The maximum absolute atomic E-state index is 12.1. The molecule has 1 saturated heterocycles. The van der Waals surface area contributed by atoms with Crippen LogP contribution in [0.3, 0.4) is 0 Å². The summed E-state index contributed by atoms with van der Waals surface area (Å²) in [5.74, 6) is 0.167. The molecule has 0 amide bonds. The van der Waals surface area contributed by atoms with Gasteiger partial charge in [-0.25, -0.2) is 0 Å². The Bertz CT molecular complexity index is 817. The number of H-pyrrole nitrogens is 1. The van der Waals surface area contributed by atoms with Crippen LogP contribution in [0.15, 0.2) is 23.0 Å². The maximum atomic E-state index is 12.1. The van der Waals surface area contributed by atoms with Crippen LogP contribution < -0.4 is 10.5 Å². The number of aromatic nitrogens is 1. The Labute approximate surface area is 135 Å². The number of rotatable bonds is 1. The topological polar surface area (TPSA) is 56.3 Å². The highest BCUT2D eigenvalue weighted by Crippen LogP contribution is 2.37. The molecule has 4 heteroatoms. The maximum Gasteiger partial charge on any atom is 0.255 e. The molecule has 4 rings (SSSR count). The summed E-state index contributed by atoms with van der Waals surface area (Å²) in [4.78, 5) is 17.5. The van der Waals surface area contributed by atoms with Crippen LogP contribution in [0.5, 0.6) is 5.75 Å². The van der Waals surface area contributed by atoms with E-state index in [1.807, 2.05) is 0 Å². The number of pyridine rings is 1. The minimum atomic E-state index is -0.197. The third-order valence-electron chi connectivity index (χ3n) is 5.22. The van der Waals surface area contributed by atoms with Crippen LogP contribution in [0.4, 0.5) is 5.69 Å². The Morgan fingerprint density at radius 1 is 1.13 bits per heavy atom. The van der Waals surface area contributed by atoms with Gasteiger partial charge < -0.3 is 15.0 Å². The lowest BCUT2D eigenvalue weighted by molar-refractivity contribution is 0.461. The highest BCUT2D eigenvalue weighted by Gasteiger charge is 2.22.